The molecule has 2 rings (SSSR count). The number of hydrogen-bond acceptors (Lipinski definition) is 6. The van der Waals surface area contributed by atoms with Crippen molar-refractivity contribution in [3.05, 3.63) is 58.3 Å². The third-order valence-corrected chi connectivity index (χ3v) is 5.89. The Bertz CT molecular complexity index is 840. The Morgan fingerprint density at radius 3 is 2.38 bits per heavy atom. The molecule has 0 aliphatic heterocycles. The van der Waals surface area contributed by atoms with E-state index in [1.54, 1.807) is 45.0 Å². The van der Waals surface area contributed by atoms with Crippen LogP contribution in [0.3, 0.4) is 0 Å². The Morgan fingerprint density at radius 1 is 1.17 bits per heavy atom. The lowest BCUT2D eigenvalue weighted by atomic mass is 10.2. The van der Waals surface area contributed by atoms with Crippen LogP contribution in [-0.2, 0) is 16.4 Å². The highest BCUT2D eigenvalue weighted by Crippen LogP contribution is 2.24. The van der Waals surface area contributed by atoms with Crippen LogP contribution < -0.4 is 5.32 Å². The molecular formula is C16H19N3O4S. The van der Waals surface area contributed by atoms with Gasteiger partial charge in [0.05, 0.1) is 21.6 Å². The van der Waals surface area contributed by atoms with Crippen molar-refractivity contribution < 1.29 is 13.3 Å². The highest BCUT2D eigenvalue weighted by Gasteiger charge is 2.31. The van der Waals surface area contributed by atoms with E-state index in [2.05, 4.69) is 10.3 Å². The van der Waals surface area contributed by atoms with Crippen molar-refractivity contribution in [1.82, 2.24) is 4.98 Å². The largest absolute Gasteiger partial charge is 0.379 e. The molecule has 1 heterocycles. The van der Waals surface area contributed by atoms with Crippen LogP contribution in [0.25, 0.3) is 0 Å². The maximum atomic E-state index is 12.3. The van der Waals surface area contributed by atoms with Gasteiger partial charge in [-0.3, -0.25) is 10.1 Å². The summed E-state index contributed by atoms with van der Waals surface area (Å²) in [5.74, 6) is 0. The highest BCUT2D eigenvalue weighted by molar-refractivity contribution is 7.92. The zero-order valence-corrected chi connectivity index (χ0v) is 14.5. The van der Waals surface area contributed by atoms with Gasteiger partial charge in [0.2, 0.25) is 0 Å². The van der Waals surface area contributed by atoms with Crippen LogP contribution >= 0.6 is 0 Å². The number of benzene rings is 1. The summed E-state index contributed by atoms with van der Waals surface area (Å²) in [4.78, 5) is 14.5. The summed E-state index contributed by atoms with van der Waals surface area (Å²) in [6.07, 6.45) is 1.41. The van der Waals surface area contributed by atoms with Crippen LogP contribution in [0.4, 0.5) is 11.4 Å². The van der Waals surface area contributed by atoms with Gasteiger partial charge in [-0.2, -0.15) is 0 Å². The first-order valence-electron chi connectivity index (χ1n) is 7.30. The molecule has 0 spiro atoms. The summed E-state index contributed by atoms with van der Waals surface area (Å²) in [7, 11) is -3.51. The third kappa shape index (κ3) is 3.70. The molecule has 1 aromatic carbocycles. The van der Waals surface area contributed by atoms with Crippen molar-refractivity contribution >= 4 is 21.2 Å². The first-order valence-corrected chi connectivity index (χ1v) is 8.78. The monoisotopic (exact) mass is 349 g/mol. The third-order valence-electron chi connectivity index (χ3n) is 3.49. The second kappa shape index (κ2) is 6.56. The number of pyridine rings is 1. The van der Waals surface area contributed by atoms with Crippen molar-refractivity contribution in [3.8, 4) is 0 Å². The van der Waals surface area contributed by atoms with Gasteiger partial charge in [0.15, 0.2) is 14.9 Å². The van der Waals surface area contributed by atoms with Crippen LogP contribution in [0.1, 0.15) is 26.3 Å². The minimum atomic E-state index is -3.51. The van der Waals surface area contributed by atoms with Crippen LogP contribution in [-0.4, -0.2) is 23.1 Å². The number of sulfone groups is 1. The van der Waals surface area contributed by atoms with Crippen LogP contribution in [0.5, 0.6) is 0 Å². The molecule has 1 aromatic heterocycles. The molecule has 1 N–H and O–H groups in total. The lowest BCUT2D eigenvalue weighted by molar-refractivity contribution is -0.385. The summed E-state index contributed by atoms with van der Waals surface area (Å²) in [5.41, 5.74) is 1.15. The van der Waals surface area contributed by atoms with Gasteiger partial charge < -0.3 is 5.32 Å². The average molecular weight is 349 g/mol. The lowest BCUT2D eigenvalue weighted by Crippen LogP contribution is -2.28. The molecule has 0 saturated heterocycles. The summed E-state index contributed by atoms with van der Waals surface area (Å²) < 4.78 is 23.7. The van der Waals surface area contributed by atoms with E-state index >= 15 is 0 Å². The number of nitro groups is 1. The van der Waals surface area contributed by atoms with Gasteiger partial charge in [-0.05, 0) is 32.9 Å². The molecule has 8 heteroatoms. The number of rotatable bonds is 5. The number of anilines is 1. The van der Waals surface area contributed by atoms with E-state index in [4.69, 9.17) is 0 Å². The predicted octanol–water partition coefficient (Wildman–Crippen LogP) is 3.17. The molecule has 0 radical (unpaired) electrons. The quantitative estimate of drug-likeness (QED) is 0.657. The minimum absolute atomic E-state index is 0.00578. The zero-order chi connectivity index (χ0) is 18.0. The number of nitrogens with one attached hydrogen (secondary N) is 1. The number of aromatic nitrogens is 1. The van der Waals surface area contributed by atoms with Gasteiger partial charge >= 0.3 is 0 Å². The second-order valence-electron chi connectivity index (χ2n) is 6.24. The molecule has 0 bridgehead atoms. The highest BCUT2D eigenvalue weighted by atomic mass is 32.2. The lowest BCUT2D eigenvalue weighted by Gasteiger charge is -2.18. The van der Waals surface area contributed by atoms with Crippen LogP contribution in [0, 0.1) is 10.1 Å². The molecule has 24 heavy (non-hydrogen) atoms. The molecule has 0 amide bonds. The van der Waals surface area contributed by atoms with Crippen molar-refractivity contribution in [2.75, 3.05) is 5.32 Å². The van der Waals surface area contributed by atoms with Crippen molar-refractivity contribution in [3.63, 3.8) is 0 Å². The van der Waals surface area contributed by atoms with E-state index in [1.807, 2.05) is 0 Å². The standard InChI is InChI=1S/C16H19N3O4S/c1-16(2,3)24(22,23)15-9-8-13(11-18-15)17-10-12-6-4-5-7-14(12)19(20)21/h4-9,11,17H,10H2,1-3H3. The fourth-order valence-electron chi connectivity index (χ4n) is 1.99. The molecule has 0 aliphatic rings. The minimum Gasteiger partial charge on any atom is -0.379 e. The van der Waals surface area contributed by atoms with E-state index in [0.29, 0.717) is 11.3 Å². The van der Waals surface area contributed by atoms with Crippen molar-refractivity contribution in [1.29, 1.82) is 0 Å². The van der Waals surface area contributed by atoms with E-state index in [1.165, 1.54) is 18.3 Å². The number of hydrogen-bond donors (Lipinski definition) is 1. The summed E-state index contributed by atoms with van der Waals surface area (Å²) in [6, 6.07) is 9.46. The van der Waals surface area contributed by atoms with Crippen molar-refractivity contribution in [2.45, 2.75) is 37.1 Å². The summed E-state index contributed by atoms with van der Waals surface area (Å²) >= 11 is 0. The topological polar surface area (TPSA) is 102 Å². The molecule has 2 aromatic rings. The number of nitro benzene ring substituents is 1. The Hall–Kier alpha value is -2.48. The predicted molar refractivity (Wildman–Crippen MR) is 91.6 cm³/mol. The summed E-state index contributed by atoms with van der Waals surface area (Å²) in [5, 5.41) is 14.0. The second-order valence-corrected chi connectivity index (χ2v) is 8.89. The van der Waals surface area contributed by atoms with Crippen LogP contribution in [0.15, 0.2) is 47.6 Å². The normalized spacial score (nSPS) is 12.0. The Morgan fingerprint density at radius 2 is 1.83 bits per heavy atom. The van der Waals surface area contributed by atoms with Gasteiger partial charge in [0, 0.05) is 18.2 Å². The number of para-hydroxylation sites is 1. The van der Waals surface area contributed by atoms with Gasteiger partial charge in [-0.25, -0.2) is 13.4 Å². The van der Waals surface area contributed by atoms with Crippen molar-refractivity contribution in [2.24, 2.45) is 0 Å². The molecule has 0 unspecified atom stereocenters. The zero-order valence-electron chi connectivity index (χ0n) is 13.7. The van der Waals surface area contributed by atoms with E-state index in [0.717, 1.165) is 0 Å². The first-order chi connectivity index (χ1) is 11.1. The molecule has 0 saturated carbocycles. The van der Waals surface area contributed by atoms with Crippen LogP contribution in [0.2, 0.25) is 0 Å². The molecule has 128 valence electrons. The molecule has 0 aliphatic carbocycles. The first kappa shape index (κ1) is 17.9. The van der Waals surface area contributed by atoms with Gasteiger partial charge in [0.25, 0.3) is 5.69 Å². The van der Waals surface area contributed by atoms with Gasteiger partial charge in [0.1, 0.15) is 0 Å². The maximum absolute atomic E-state index is 12.3. The fourth-order valence-corrected chi connectivity index (χ4v) is 3.06. The van der Waals surface area contributed by atoms with Gasteiger partial charge in [-0.15, -0.1) is 0 Å². The van der Waals surface area contributed by atoms with E-state index in [9.17, 15) is 18.5 Å². The fraction of sp³-hybridized carbons (Fsp3) is 0.312. The van der Waals surface area contributed by atoms with E-state index < -0.39 is 19.5 Å². The summed E-state index contributed by atoms with van der Waals surface area (Å²) in [6.45, 7) is 5.09. The van der Waals surface area contributed by atoms with E-state index in [-0.39, 0.29) is 17.3 Å². The molecule has 7 nitrogen and oxygen atoms in total. The molecule has 0 atom stereocenters. The SMILES string of the molecule is CC(C)(C)S(=O)(=O)c1ccc(NCc2ccccc2[N+](=O)[O-])cn1. The molecule has 0 fully saturated rings. The van der Waals surface area contributed by atoms with Gasteiger partial charge in [-0.1, -0.05) is 18.2 Å². The molecular weight excluding hydrogens is 330 g/mol. The Balaban J connectivity index is 2.15. The smallest absolute Gasteiger partial charge is 0.274 e. The maximum Gasteiger partial charge on any atom is 0.274 e. The Kier molecular flexibility index (Phi) is 4.88. The Labute approximate surface area is 140 Å². The number of nitrogens with zero attached hydrogens (tertiary/aromatic N) is 2. The average Bonchev–Trinajstić information content (AvgIpc) is 2.52.